The zero-order valence-corrected chi connectivity index (χ0v) is 17.8. The zero-order chi connectivity index (χ0) is 20.7. The van der Waals surface area contributed by atoms with Gasteiger partial charge in [-0.1, -0.05) is 60.7 Å². The Morgan fingerprint density at radius 2 is 1.59 bits per heavy atom. The molecule has 0 aliphatic carbocycles. The van der Waals surface area contributed by atoms with Crippen molar-refractivity contribution in [3.05, 3.63) is 71.8 Å². The lowest BCUT2D eigenvalue weighted by molar-refractivity contribution is -0.132. The molecule has 1 fully saturated rings. The molecule has 1 unspecified atom stereocenters. The van der Waals surface area contributed by atoms with Crippen molar-refractivity contribution in [3.8, 4) is 0 Å². The van der Waals surface area contributed by atoms with E-state index in [1.54, 1.807) is 7.11 Å². The molecular weight excluding hydrogens is 362 g/mol. The van der Waals surface area contributed by atoms with Crippen LogP contribution in [0.15, 0.2) is 60.7 Å². The number of methoxy groups -OCH3 is 1. The van der Waals surface area contributed by atoms with E-state index in [4.69, 9.17) is 4.74 Å². The van der Waals surface area contributed by atoms with Crippen LogP contribution in [0, 0.1) is 0 Å². The standard InChI is InChI=1S/C24H33N3O2/c1-24(2,19-25-23(28)22(29-3)21-12-8-5-9-13-21)27-16-14-26(15-17-27)18-20-10-6-4-7-11-20/h4-13,22H,14-19H2,1-3H3,(H,25,28). The van der Waals surface area contributed by atoms with Gasteiger partial charge in [0.2, 0.25) is 0 Å². The van der Waals surface area contributed by atoms with Crippen molar-refractivity contribution in [3.63, 3.8) is 0 Å². The fourth-order valence-electron chi connectivity index (χ4n) is 3.88. The molecule has 0 spiro atoms. The summed E-state index contributed by atoms with van der Waals surface area (Å²) in [6, 6.07) is 20.3. The maximum atomic E-state index is 12.7. The van der Waals surface area contributed by atoms with Crippen LogP contribution in [0.5, 0.6) is 0 Å². The van der Waals surface area contributed by atoms with Crippen LogP contribution < -0.4 is 5.32 Å². The SMILES string of the molecule is COC(C(=O)NCC(C)(C)N1CCN(Cc2ccccc2)CC1)c1ccccc1. The Kier molecular flexibility index (Phi) is 7.42. The minimum Gasteiger partial charge on any atom is -0.367 e. The third-order valence-electron chi connectivity index (χ3n) is 5.75. The Morgan fingerprint density at radius 1 is 1.00 bits per heavy atom. The van der Waals surface area contributed by atoms with E-state index in [0.717, 1.165) is 38.3 Å². The summed E-state index contributed by atoms with van der Waals surface area (Å²) in [7, 11) is 1.58. The maximum absolute atomic E-state index is 12.7. The molecule has 3 rings (SSSR count). The second-order valence-electron chi connectivity index (χ2n) is 8.31. The van der Waals surface area contributed by atoms with E-state index in [1.165, 1.54) is 5.56 Å². The Morgan fingerprint density at radius 3 is 2.17 bits per heavy atom. The molecule has 29 heavy (non-hydrogen) atoms. The number of amides is 1. The molecule has 1 heterocycles. The number of carbonyl (C=O) groups excluding carboxylic acids is 1. The van der Waals surface area contributed by atoms with Gasteiger partial charge in [0.05, 0.1) is 0 Å². The van der Waals surface area contributed by atoms with Gasteiger partial charge in [-0.05, 0) is 25.0 Å². The van der Waals surface area contributed by atoms with Crippen molar-refractivity contribution >= 4 is 5.91 Å². The Balaban J connectivity index is 1.49. The van der Waals surface area contributed by atoms with E-state index in [1.807, 2.05) is 30.3 Å². The van der Waals surface area contributed by atoms with Crippen LogP contribution in [0.25, 0.3) is 0 Å². The highest BCUT2D eigenvalue weighted by Crippen LogP contribution is 2.20. The summed E-state index contributed by atoms with van der Waals surface area (Å²) in [6.45, 7) is 10.1. The number of carbonyl (C=O) groups is 1. The molecule has 0 saturated carbocycles. The molecule has 1 aliphatic heterocycles. The van der Waals surface area contributed by atoms with Gasteiger partial charge < -0.3 is 10.1 Å². The lowest BCUT2D eigenvalue weighted by Gasteiger charge is -2.44. The first-order chi connectivity index (χ1) is 14.0. The highest BCUT2D eigenvalue weighted by molar-refractivity contribution is 5.82. The van der Waals surface area contributed by atoms with E-state index in [2.05, 4.69) is 59.3 Å². The van der Waals surface area contributed by atoms with Crippen molar-refractivity contribution in [2.45, 2.75) is 32.0 Å². The summed E-state index contributed by atoms with van der Waals surface area (Å²) in [5, 5.41) is 3.10. The van der Waals surface area contributed by atoms with Gasteiger partial charge in [-0.3, -0.25) is 14.6 Å². The Hall–Kier alpha value is -2.21. The number of nitrogens with one attached hydrogen (secondary N) is 1. The van der Waals surface area contributed by atoms with E-state index in [-0.39, 0.29) is 11.4 Å². The van der Waals surface area contributed by atoms with Gasteiger partial charge in [0.25, 0.3) is 5.91 Å². The van der Waals surface area contributed by atoms with Crippen LogP contribution >= 0.6 is 0 Å². The fraction of sp³-hybridized carbons (Fsp3) is 0.458. The normalized spacial score (nSPS) is 17.1. The maximum Gasteiger partial charge on any atom is 0.253 e. The molecular formula is C24H33N3O2. The molecule has 1 amide bonds. The summed E-state index contributed by atoms with van der Waals surface area (Å²) in [5.74, 6) is -0.0884. The van der Waals surface area contributed by atoms with Gasteiger partial charge in [-0.25, -0.2) is 0 Å². The number of hydrogen-bond donors (Lipinski definition) is 1. The van der Waals surface area contributed by atoms with Crippen molar-refractivity contribution in [1.29, 1.82) is 0 Å². The Bertz CT molecular complexity index is 756. The summed E-state index contributed by atoms with van der Waals surface area (Å²) in [6.07, 6.45) is -0.574. The lowest BCUT2D eigenvalue weighted by Crippen LogP contribution is -2.58. The molecule has 2 aromatic carbocycles. The average molecular weight is 396 g/mol. The molecule has 1 atom stereocenters. The molecule has 5 nitrogen and oxygen atoms in total. The first kappa shape index (κ1) is 21.5. The van der Waals surface area contributed by atoms with Crippen LogP contribution in [-0.4, -0.2) is 61.1 Å². The van der Waals surface area contributed by atoms with Gasteiger partial charge >= 0.3 is 0 Å². The molecule has 5 heteroatoms. The van der Waals surface area contributed by atoms with Gasteiger partial charge in [0, 0.05) is 51.9 Å². The average Bonchev–Trinajstić information content (AvgIpc) is 2.75. The number of ether oxygens (including phenoxy) is 1. The van der Waals surface area contributed by atoms with Gasteiger partial charge in [-0.2, -0.15) is 0 Å². The third kappa shape index (κ3) is 5.89. The quantitative estimate of drug-likeness (QED) is 0.746. The highest BCUT2D eigenvalue weighted by atomic mass is 16.5. The van der Waals surface area contributed by atoms with Crippen LogP contribution in [0.3, 0.4) is 0 Å². The number of piperazine rings is 1. The topological polar surface area (TPSA) is 44.8 Å². The summed E-state index contributed by atoms with van der Waals surface area (Å²) < 4.78 is 5.45. The second kappa shape index (κ2) is 10.0. The summed E-state index contributed by atoms with van der Waals surface area (Å²) >= 11 is 0. The number of rotatable bonds is 8. The number of nitrogens with zero attached hydrogens (tertiary/aromatic N) is 2. The van der Waals surface area contributed by atoms with Crippen LogP contribution in [-0.2, 0) is 16.1 Å². The lowest BCUT2D eigenvalue weighted by atomic mass is 10.0. The predicted molar refractivity (Wildman–Crippen MR) is 117 cm³/mol. The summed E-state index contributed by atoms with van der Waals surface area (Å²) in [5.41, 5.74) is 2.13. The predicted octanol–water partition coefficient (Wildman–Crippen LogP) is 3.09. The molecule has 2 aromatic rings. The van der Waals surface area contributed by atoms with Crippen molar-refractivity contribution in [1.82, 2.24) is 15.1 Å². The second-order valence-corrected chi connectivity index (χ2v) is 8.31. The number of hydrogen-bond acceptors (Lipinski definition) is 4. The molecule has 0 radical (unpaired) electrons. The zero-order valence-electron chi connectivity index (χ0n) is 17.8. The van der Waals surface area contributed by atoms with Crippen molar-refractivity contribution < 1.29 is 9.53 Å². The van der Waals surface area contributed by atoms with E-state index >= 15 is 0 Å². The molecule has 0 aromatic heterocycles. The van der Waals surface area contributed by atoms with E-state index in [0.29, 0.717) is 6.54 Å². The third-order valence-corrected chi connectivity index (χ3v) is 5.75. The Labute approximate surface area is 174 Å². The van der Waals surface area contributed by atoms with E-state index < -0.39 is 6.10 Å². The molecule has 1 aliphatic rings. The monoisotopic (exact) mass is 395 g/mol. The highest BCUT2D eigenvalue weighted by Gasteiger charge is 2.31. The van der Waals surface area contributed by atoms with Gasteiger partial charge in [-0.15, -0.1) is 0 Å². The molecule has 0 bridgehead atoms. The first-order valence-electron chi connectivity index (χ1n) is 10.4. The molecule has 156 valence electrons. The number of benzene rings is 2. The smallest absolute Gasteiger partial charge is 0.253 e. The fourth-order valence-corrected chi connectivity index (χ4v) is 3.88. The van der Waals surface area contributed by atoms with Crippen LogP contribution in [0.2, 0.25) is 0 Å². The largest absolute Gasteiger partial charge is 0.367 e. The van der Waals surface area contributed by atoms with Crippen molar-refractivity contribution in [2.75, 3.05) is 39.8 Å². The minimum atomic E-state index is -0.574. The van der Waals surface area contributed by atoms with Crippen molar-refractivity contribution in [2.24, 2.45) is 0 Å². The van der Waals surface area contributed by atoms with Crippen LogP contribution in [0.1, 0.15) is 31.1 Å². The minimum absolute atomic E-state index is 0.0884. The van der Waals surface area contributed by atoms with E-state index in [9.17, 15) is 4.79 Å². The molecule has 1 N–H and O–H groups in total. The molecule has 1 saturated heterocycles. The van der Waals surface area contributed by atoms with Gasteiger partial charge in [0.1, 0.15) is 0 Å². The van der Waals surface area contributed by atoms with Crippen LogP contribution in [0.4, 0.5) is 0 Å². The van der Waals surface area contributed by atoms with Gasteiger partial charge in [0.15, 0.2) is 6.10 Å². The summed E-state index contributed by atoms with van der Waals surface area (Å²) in [4.78, 5) is 17.7. The first-order valence-corrected chi connectivity index (χ1v) is 10.4.